The number of hydrogen-bond acceptors (Lipinski definition) is 7. The highest BCUT2D eigenvalue weighted by molar-refractivity contribution is 6.32. The van der Waals surface area contributed by atoms with E-state index in [2.05, 4.69) is 21.2 Å². The van der Waals surface area contributed by atoms with Crippen molar-refractivity contribution >= 4 is 28.9 Å². The van der Waals surface area contributed by atoms with E-state index in [1.54, 1.807) is 18.2 Å². The molecule has 0 aliphatic carbocycles. The molecule has 1 aliphatic rings. The Bertz CT molecular complexity index is 1080. The Morgan fingerprint density at radius 2 is 2.06 bits per heavy atom. The molecule has 1 heterocycles. The fourth-order valence-electron chi connectivity index (χ4n) is 3.47. The number of nitrogens with one attached hydrogen (secondary N) is 3. The van der Waals surface area contributed by atoms with E-state index in [9.17, 15) is 9.90 Å². The third-order valence-electron chi connectivity index (χ3n) is 5.48. The number of nitrogens with zero attached hydrogens (tertiary/aromatic N) is 2. The van der Waals surface area contributed by atoms with Crippen LogP contribution in [-0.2, 0) is 4.79 Å². The summed E-state index contributed by atoms with van der Waals surface area (Å²) in [6, 6.07) is 14.8. The number of aliphatic hydroxyl groups is 1. The molecule has 4 N–H and O–H groups in total. The minimum atomic E-state index is -0.751. The van der Waals surface area contributed by atoms with Gasteiger partial charge in [0, 0.05) is 36.7 Å². The first-order valence-corrected chi connectivity index (χ1v) is 11.5. The first-order chi connectivity index (χ1) is 16.2. The van der Waals surface area contributed by atoms with Gasteiger partial charge in [-0.2, -0.15) is 10.4 Å². The fraction of sp³-hybridized carbons (Fsp3) is 0.400. The fourth-order valence-corrected chi connectivity index (χ4v) is 3.64. The lowest BCUT2D eigenvalue weighted by Gasteiger charge is -2.28. The normalized spacial score (nSPS) is 16.8. The monoisotopic (exact) mass is 483 g/mol. The Hall–Kier alpha value is -3.12. The minimum Gasteiger partial charge on any atom is -0.489 e. The number of hydrogen-bond donors (Lipinski definition) is 4. The molecular formula is C25H30ClN5O3. The van der Waals surface area contributed by atoms with Gasteiger partial charge in [0.15, 0.2) is 0 Å². The molecule has 0 saturated carbocycles. The molecule has 0 aromatic heterocycles. The Labute approximate surface area is 205 Å². The smallest absolute Gasteiger partial charge is 0.240 e. The van der Waals surface area contributed by atoms with Gasteiger partial charge in [-0.1, -0.05) is 30.7 Å². The Morgan fingerprint density at radius 1 is 1.32 bits per heavy atom. The van der Waals surface area contributed by atoms with Crippen LogP contribution >= 0.6 is 11.6 Å². The van der Waals surface area contributed by atoms with Crippen LogP contribution < -0.4 is 20.8 Å². The molecule has 0 saturated heterocycles. The van der Waals surface area contributed by atoms with Crippen molar-refractivity contribution < 1.29 is 14.6 Å². The highest BCUT2D eigenvalue weighted by Gasteiger charge is 2.22. The summed E-state index contributed by atoms with van der Waals surface area (Å²) in [6.07, 6.45) is -0.311. The minimum absolute atomic E-state index is 0.0509. The number of hydrazone groups is 1. The van der Waals surface area contributed by atoms with Crippen molar-refractivity contribution in [2.24, 2.45) is 11.0 Å². The molecular weight excluding hydrogens is 454 g/mol. The number of rotatable bonds is 10. The molecule has 1 amide bonds. The summed E-state index contributed by atoms with van der Waals surface area (Å²) >= 11 is 6.09. The first-order valence-electron chi connectivity index (χ1n) is 11.1. The third kappa shape index (κ3) is 7.19. The maximum atomic E-state index is 11.4. The first kappa shape index (κ1) is 25.5. The van der Waals surface area contributed by atoms with Gasteiger partial charge in [0.2, 0.25) is 5.91 Å². The van der Waals surface area contributed by atoms with E-state index in [1.807, 2.05) is 51.1 Å². The van der Waals surface area contributed by atoms with Gasteiger partial charge < -0.3 is 20.5 Å². The van der Waals surface area contributed by atoms with Crippen LogP contribution in [0.25, 0.3) is 0 Å². The van der Waals surface area contributed by atoms with Gasteiger partial charge in [-0.3, -0.25) is 4.79 Å². The van der Waals surface area contributed by atoms with E-state index in [4.69, 9.17) is 21.6 Å². The van der Waals surface area contributed by atoms with Crippen LogP contribution in [0.5, 0.6) is 5.75 Å². The summed E-state index contributed by atoms with van der Waals surface area (Å²) in [7, 11) is 0. The largest absolute Gasteiger partial charge is 0.489 e. The zero-order chi connectivity index (χ0) is 24.7. The number of aliphatic hydroxyl groups excluding tert-OH is 1. The van der Waals surface area contributed by atoms with Gasteiger partial charge in [0.1, 0.15) is 18.5 Å². The highest BCUT2D eigenvalue weighted by Crippen LogP contribution is 2.25. The van der Waals surface area contributed by atoms with Crippen LogP contribution in [0.2, 0.25) is 5.02 Å². The van der Waals surface area contributed by atoms with Crippen LogP contribution in [0.4, 0.5) is 5.69 Å². The van der Waals surface area contributed by atoms with E-state index < -0.39 is 6.10 Å². The number of amides is 1. The molecule has 0 spiro atoms. The lowest BCUT2D eigenvalue weighted by Crippen LogP contribution is -2.49. The number of nitriles is 1. The van der Waals surface area contributed by atoms with Crippen molar-refractivity contribution in [3.05, 3.63) is 58.6 Å². The molecule has 2 aromatic carbocycles. The van der Waals surface area contributed by atoms with Crippen LogP contribution in [0.15, 0.2) is 47.6 Å². The third-order valence-corrected chi connectivity index (χ3v) is 5.79. The molecule has 180 valence electrons. The van der Waals surface area contributed by atoms with E-state index in [0.29, 0.717) is 35.8 Å². The molecule has 0 bridgehead atoms. The van der Waals surface area contributed by atoms with Crippen LogP contribution in [-0.4, -0.2) is 48.1 Å². The van der Waals surface area contributed by atoms with Crippen molar-refractivity contribution in [2.45, 2.75) is 38.8 Å². The predicted molar refractivity (Wildman–Crippen MR) is 133 cm³/mol. The molecule has 34 heavy (non-hydrogen) atoms. The molecule has 2 unspecified atom stereocenters. The van der Waals surface area contributed by atoms with Crippen molar-refractivity contribution in [2.75, 3.05) is 25.0 Å². The Morgan fingerprint density at radius 3 is 2.74 bits per heavy atom. The molecule has 9 heteroatoms. The average Bonchev–Trinajstić information content (AvgIpc) is 2.81. The second-order valence-corrected chi connectivity index (χ2v) is 9.46. The van der Waals surface area contributed by atoms with Crippen LogP contribution in [0, 0.1) is 17.2 Å². The zero-order valence-electron chi connectivity index (χ0n) is 19.6. The molecule has 8 nitrogen and oxygen atoms in total. The maximum Gasteiger partial charge on any atom is 0.240 e. The number of anilines is 1. The number of carbonyl (C=O) groups excluding carboxylic acids is 1. The zero-order valence-corrected chi connectivity index (χ0v) is 20.3. The second kappa shape index (κ2) is 11.3. The number of benzene rings is 2. The summed E-state index contributed by atoms with van der Waals surface area (Å²) in [4.78, 5) is 11.4. The highest BCUT2D eigenvalue weighted by atomic mass is 35.5. The molecule has 2 aromatic rings. The van der Waals surface area contributed by atoms with Crippen molar-refractivity contribution in [3.8, 4) is 11.8 Å². The summed E-state index contributed by atoms with van der Waals surface area (Å²) in [5, 5.41) is 30.6. The SMILES string of the molecule is CC1CC(=O)NN=C1c1ccc(NCC(C)(C)NCC(O)COc2cc(C#N)ccc2Cl)cc1. The van der Waals surface area contributed by atoms with Gasteiger partial charge in [-0.25, -0.2) is 5.43 Å². The van der Waals surface area contributed by atoms with E-state index >= 15 is 0 Å². The number of carbonyl (C=O) groups is 1. The topological polar surface area (TPSA) is 119 Å². The molecule has 2 atom stereocenters. The van der Waals surface area contributed by atoms with E-state index in [0.717, 1.165) is 17.0 Å². The van der Waals surface area contributed by atoms with Gasteiger partial charge >= 0.3 is 0 Å². The number of β-amino-alcohol motifs (C(OH)–C–C–N with tert-alkyl or cyclic N) is 1. The summed E-state index contributed by atoms with van der Waals surface area (Å²) < 4.78 is 5.59. The van der Waals surface area contributed by atoms with Gasteiger partial charge in [-0.15, -0.1) is 0 Å². The lowest BCUT2D eigenvalue weighted by molar-refractivity contribution is -0.121. The summed E-state index contributed by atoms with van der Waals surface area (Å²) in [5.74, 6) is 0.399. The molecule has 0 radical (unpaired) electrons. The van der Waals surface area contributed by atoms with E-state index in [-0.39, 0.29) is 24.0 Å². The molecule has 3 rings (SSSR count). The molecule has 1 aliphatic heterocycles. The van der Waals surface area contributed by atoms with Crippen LogP contribution in [0.1, 0.15) is 38.3 Å². The van der Waals surface area contributed by atoms with Crippen LogP contribution in [0.3, 0.4) is 0 Å². The second-order valence-electron chi connectivity index (χ2n) is 9.05. The van der Waals surface area contributed by atoms with Crippen molar-refractivity contribution in [3.63, 3.8) is 0 Å². The van der Waals surface area contributed by atoms with Crippen molar-refractivity contribution in [1.29, 1.82) is 5.26 Å². The maximum absolute atomic E-state index is 11.4. The lowest BCUT2D eigenvalue weighted by atomic mass is 9.94. The Kier molecular flexibility index (Phi) is 8.51. The van der Waals surface area contributed by atoms with Crippen molar-refractivity contribution in [1.82, 2.24) is 10.7 Å². The van der Waals surface area contributed by atoms with Gasteiger partial charge in [0.25, 0.3) is 0 Å². The quantitative estimate of drug-likeness (QED) is 0.411. The Balaban J connectivity index is 1.45. The van der Waals surface area contributed by atoms with Gasteiger partial charge in [0.05, 0.1) is 22.4 Å². The molecule has 0 fully saturated rings. The average molecular weight is 484 g/mol. The van der Waals surface area contributed by atoms with E-state index in [1.165, 1.54) is 0 Å². The standard InChI is InChI=1S/C25H30ClN5O3/c1-16-10-23(33)30-31-24(16)18-5-7-19(8-6-18)28-15-25(2,3)29-13-20(32)14-34-22-11-17(12-27)4-9-21(22)26/h4-9,11,16,20,28-29,32H,10,13-15H2,1-3H3,(H,30,33). The van der Waals surface area contributed by atoms with Gasteiger partial charge in [-0.05, 0) is 49.7 Å². The summed E-state index contributed by atoms with van der Waals surface area (Å²) in [6.45, 7) is 7.08. The predicted octanol–water partition coefficient (Wildman–Crippen LogP) is 3.29. The summed E-state index contributed by atoms with van der Waals surface area (Å²) in [5.41, 5.74) is 5.52. The number of halogens is 1. The number of ether oxygens (including phenoxy) is 1.